The van der Waals surface area contributed by atoms with Gasteiger partial charge < -0.3 is 5.32 Å². The third-order valence-electron chi connectivity index (χ3n) is 2.77. The lowest BCUT2D eigenvalue weighted by Crippen LogP contribution is -2.07. The van der Waals surface area contributed by atoms with Gasteiger partial charge in [0, 0.05) is 23.0 Å². The summed E-state index contributed by atoms with van der Waals surface area (Å²) in [5.41, 5.74) is 1.98. The molecule has 1 N–H and O–H groups in total. The summed E-state index contributed by atoms with van der Waals surface area (Å²) in [6.07, 6.45) is 0. The summed E-state index contributed by atoms with van der Waals surface area (Å²) in [4.78, 5) is 5.82. The van der Waals surface area contributed by atoms with Gasteiger partial charge in [-0.3, -0.25) is 0 Å². The van der Waals surface area contributed by atoms with Gasteiger partial charge in [-0.05, 0) is 19.1 Å². The lowest BCUT2D eigenvalue weighted by molar-refractivity contribution is 0.628. The average molecular weight is 234 g/mol. The van der Waals surface area contributed by atoms with Crippen LogP contribution in [0.25, 0.3) is 10.6 Å². The first-order chi connectivity index (χ1) is 7.74. The molecule has 0 bridgehead atoms. The molecule has 0 saturated heterocycles. The summed E-state index contributed by atoms with van der Waals surface area (Å²) >= 11 is 1.65. The van der Waals surface area contributed by atoms with Crippen molar-refractivity contribution < 1.29 is 4.39 Å². The number of benzene rings is 1. The highest BCUT2D eigenvalue weighted by Crippen LogP contribution is 2.35. The van der Waals surface area contributed by atoms with Crippen molar-refractivity contribution in [2.75, 3.05) is 0 Å². The number of aromatic nitrogens is 1. The molecule has 0 saturated carbocycles. The van der Waals surface area contributed by atoms with Gasteiger partial charge in [0.05, 0.1) is 5.69 Å². The maximum atomic E-state index is 13.1. The molecule has 1 atom stereocenters. The molecule has 3 rings (SSSR count). The largest absolute Gasteiger partial charge is 0.304 e. The molecule has 1 aliphatic rings. The van der Waals surface area contributed by atoms with Crippen molar-refractivity contribution in [3.63, 3.8) is 0 Å². The third-order valence-corrected chi connectivity index (χ3v) is 4.10. The molecule has 1 aromatic carbocycles. The van der Waals surface area contributed by atoms with E-state index in [0.717, 1.165) is 22.8 Å². The van der Waals surface area contributed by atoms with Gasteiger partial charge in [-0.15, -0.1) is 11.3 Å². The molecule has 2 nitrogen and oxygen atoms in total. The maximum Gasteiger partial charge on any atom is 0.124 e. The van der Waals surface area contributed by atoms with Crippen LogP contribution < -0.4 is 5.32 Å². The Morgan fingerprint density at radius 1 is 1.50 bits per heavy atom. The zero-order chi connectivity index (χ0) is 11.1. The van der Waals surface area contributed by atoms with E-state index in [0.29, 0.717) is 6.04 Å². The Labute approximate surface area is 97.2 Å². The maximum absolute atomic E-state index is 13.1. The summed E-state index contributed by atoms with van der Waals surface area (Å²) in [6.45, 7) is 2.95. The van der Waals surface area contributed by atoms with Crippen LogP contribution in [0.15, 0.2) is 24.3 Å². The second-order valence-corrected chi connectivity index (χ2v) is 4.97. The summed E-state index contributed by atoms with van der Waals surface area (Å²) in [5, 5.41) is 4.24. The summed E-state index contributed by atoms with van der Waals surface area (Å²) < 4.78 is 13.1. The highest BCUT2D eigenvalue weighted by Gasteiger charge is 2.23. The van der Waals surface area contributed by atoms with Crippen molar-refractivity contribution >= 4 is 11.3 Å². The zero-order valence-corrected chi connectivity index (χ0v) is 9.64. The van der Waals surface area contributed by atoms with E-state index >= 15 is 0 Å². The predicted molar refractivity (Wildman–Crippen MR) is 62.8 cm³/mol. The van der Waals surface area contributed by atoms with Gasteiger partial charge in [0.25, 0.3) is 0 Å². The SMILES string of the molecule is CC1NCc2nc(-c3cccc(F)c3)sc21. The van der Waals surface area contributed by atoms with Crippen molar-refractivity contribution in [2.24, 2.45) is 0 Å². The van der Waals surface area contributed by atoms with E-state index in [9.17, 15) is 4.39 Å². The molecule has 82 valence electrons. The van der Waals surface area contributed by atoms with Crippen LogP contribution in [0.3, 0.4) is 0 Å². The number of hydrogen-bond acceptors (Lipinski definition) is 3. The lowest BCUT2D eigenvalue weighted by atomic mass is 10.2. The molecule has 1 aromatic heterocycles. The van der Waals surface area contributed by atoms with E-state index in [2.05, 4.69) is 17.2 Å². The van der Waals surface area contributed by atoms with Crippen molar-refractivity contribution in [3.05, 3.63) is 40.7 Å². The molecular formula is C12H11FN2S. The minimum Gasteiger partial charge on any atom is -0.304 e. The molecule has 4 heteroatoms. The van der Waals surface area contributed by atoms with Gasteiger partial charge in [-0.25, -0.2) is 9.37 Å². The fourth-order valence-electron chi connectivity index (χ4n) is 1.92. The summed E-state index contributed by atoms with van der Waals surface area (Å²) in [7, 11) is 0. The molecule has 0 fully saturated rings. The van der Waals surface area contributed by atoms with E-state index in [4.69, 9.17) is 0 Å². The third kappa shape index (κ3) is 1.54. The Balaban J connectivity index is 2.05. The lowest BCUT2D eigenvalue weighted by Gasteiger charge is -2.01. The molecule has 0 amide bonds. The number of fused-ring (bicyclic) bond motifs is 1. The standard InChI is InChI=1S/C12H11FN2S/c1-7-11-10(6-14-7)15-12(16-11)8-3-2-4-9(13)5-8/h2-5,7,14H,6H2,1H3. The van der Waals surface area contributed by atoms with Gasteiger partial charge >= 0.3 is 0 Å². The van der Waals surface area contributed by atoms with Crippen LogP contribution in [0.2, 0.25) is 0 Å². The highest BCUT2D eigenvalue weighted by molar-refractivity contribution is 7.15. The number of nitrogens with zero attached hydrogens (tertiary/aromatic N) is 1. The van der Waals surface area contributed by atoms with E-state index in [1.165, 1.54) is 17.0 Å². The Morgan fingerprint density at radius 3 is 3.12 bits per heavy atom. The summed E-state index contributed by atoms with van der Waals surface area (Å²) in [5.74, 6) is -0.209. The number of thiazole rings is 1. The van der Waals surface area contributed by atoms with Crippen LogP contribution in [-0.2, 0) is 6.54 Å². The van der Waals surface area contributed by atoms with E-state index in [-0.39, 0.29) is 5.82 Å². The van der Waals surface area contributed by atoms with Gasteiger partial charge in [-0.2, -0.15) is 0 Å². The highest BCUT2D eigenvalue weighted by atomic mass is 32.1. The van der Waals surface area contributed by atoms with Crippen molar-refractivity contribution in [2.45, 2.75) is 19.5 Å². The van der Waals surface area contributed by atoms with Gasteiger partial charge in [0.2, 0.25) is 0 Å². The van der Waals surface area contributed by atoms with Crippen LogP contribution in [0.4, 0.5) is 4.39 Å². The van der Waals surface area contributed by atoms with Crippen molar-refractivity contribution in [1.82, 2.24) is 10.3 Å². The monoisotopic (exact) mass is 234 g/mol. The van der Waals surface area contributed by atoms with Gasteiger partial charge in [0.15, 0.2) is 0 Å². The molecule has 0 radical (unpaired) electrons. The van der Waals surface area contributed by atoms with E-state index < -0.39 is 0 Å². The second kappa shape index (κ2) is 3.64. The Kier molecular flexibility index (Phi) is 2.26. The predicted octanol–water partition coefficient (Wildman–Crippen LogP) is 3.11. The van der Waals surface area contributed by atoms with Gasteiger partial charge in [0.1, 0.15) is 10.8 Å². The number of nitrogens with one attached hydrogen (secondary N) is 1. The van der Waals surface area contributed by atoms with Gasteiger partial charge in [-0.1, -0.05) is 12.1 Å². The number of halogens is 1. The van der Waals surface area contributed by atoms with E-state index in [1.54, 1.807) is 17.4 Å². The van der Waals surface area contributed by atoms with Crippen molar-refractivity contribution in [1.29, 1.82) is 0 Å². The molecule has 2 aromatic rings. The average Bonchev–Trinajstić information content (AvgIpc) is 2.81. The first-order valence-electron chi connectivity index (χ1n) is 5.23. The Morgan fingerprint density at radius 2 is 2.38 bits per heavy atom. The smallest absolute Gasteiger partial charge is 0.124 e. The minimum atomic E-state index is -0.209. The number of hydrogen-bond donors (Lipinski definition) is 1. The first-order valence-corrected chi connectivity index (χ1v) is 6.04. The summed E-state index contributed by atoms with van der Waals surface area (Å²) in [6, 6.07) is 6.98. The van der Waals surface area contributed by atoms with Crippen molar-refractivity contribution in [3.8, 4) is 10.6 Å². The number of rotatable bonds is 1. The minimum absolute atomic E-state index is 0.209. The Bertz CT molecular complexity index is 536. The molecule has 16 heavy (non-hydrogen) atoms. The van der Waals surface area contributed by atoms with Crippen LogP contribution in [0.5, 0.6) is 0 Å². The zero-order valence-electron chi connectivity index (χ0n) is 8.83. The molecular weight excluding hydrogens is 223 g/mol. The molecule has 0 aliphatic carbocycles. The molecule has 1 unspecified atom stereocenters. The Hall–Kier alpha value is -1.26. The van der Waals surface area contributed by atoms with Crippen LogP contribution in [-0.4, -0.2) is 4.98 Å². The van der Waals surface area contributed by atoms with Crippen LogP contribution in [0, 0.1) is 5.82 Å². The fraction of sp³-hybridized carbons (Fsp3) is 0.250. The normalized spacial score (nSPS) is 18.8. The van der Waals surface area contributed by atoms with Crippen LogP contribution in [0.1, 0.15) is 23.5 Å². The fourth-order valence-corrected chi connectivity index (χ4v) is 3.02. The molecule has 1 aliphatic heterocycles. The first kappa shape index (κ1) is 9.93. The van der Waals surface area contributed by atoms with E-state index in [1.807, 2.05) is 6.07 Å². The molecule has 0 spiro atoms. The topological polar surface area (TPSA) is 24.9 Å². The quantitative estimate of drug-likeness (QED) is 0.820. The van der Waals surface area contributed by atoms with Crippen LogP contribution >= 0.6 is 11.3 Å². The molecule has 2 heterocycles. The second-order valence-electron chi connectivity index (χ2n) is 3.94.